The van der Waals surface area contributed by atoms with Crippen LogP contribution in [0.1, 0.15) is 31.2 Å². The molecule has 1 aromatic rings. The summed E-state index contributed by atoms with van der Waals surface area (Å²) < 4.78 is 0. The predicted molar refractivity (Wildman–Crippen MR) is 82.3 cm³/mol. The van der Waals surface area contributed by atoms with Crippen LogP contribution in [0.3, 0.4) is 0 Å². The van der Waals surface area contributed by atoms with E-state index in [9.17, 15) is 4.79 Å². The Bertz CT molecular complexity index is 442. The SMILES string of the molecule is C=C1CCCCCN1CC(=O)NCCc1ccccc1. The zero-order valence-corrected chi connectivity index (χ0v) is 12.1. The van der Waals surface area contributed by atoms with Gasteiger partial charge >= 0.3 is 0 Å². The molecule has 1 fully saturated rings. The van der Waals surface area contributed by atoms with Gasteiger partial charge in [0.2, 0.25) is 5.91 Å². The number of amides is 1. The van der Waals surface area contributed by atoms with Gasteiger partial charge in [0.25, 0.3) is 0 Å². The Kier molecular flexibility index (Phi) is 5.66. The second-order valence-electron chi connectivity index (χ2n) is 5.38. The van der Waals surface area contributed by atoms with Gasteiger partial charge in [0, 0.05) is 18.8 Å². The van der Waals surface area contributed by atoms with Crippen LogP contribution in [0.2, 0.25) is 0 Å². The summed E-state index contributed by atoms with van der Waals surface area (Å²) in [6.07, 6.45) is 5.51. The molecular formula is C17H24N2O. The van der Waals surface area contributed by atoms with Gasteiger partial charge in [-0.3, -0.25) is 4.79 Å². The molecule has 2 rings (SSSR count). The molecule has 0 radical (unpaired) electrons. The van der Waals surface area contributed by atoms with Crippen LogP contribution in [0.15, 0.2) is 42.6 Å². The van der Waals surface area contributed by atoms with Crippen LogP contribution in [0, 0.1) is 0 Å². The predicted octanol–water partition coefficient (Wildman–Crippen LogP) is 2.74. The number of carbonyl (C=O) groups is 1. The average Bonchev–Trinajstić information content (AvgIpc) is 2.65. The van der Waals surface area contributed by atoms with Gasteiger partial charge in [-0.2, -0.15) is 0 Å². The van der Waals surface area contributed by atoms with Crippen molar-refractivity contribution in [2.75, 3.05) is 19.6 Å². The summed E-state index contributed by atoms with van der Waals surface area (Å²) in [4.78, 5) is 14.1. The third kappa shape index (κ3) is 4.72. The van der Waals surface area contributed by atoms with Crippen LogP contribution >= 0.6 is 0 Å². The number of rotatable bonds is 5. The Morgan fingerprint density at radius 1 is 1.20 bits per heavy atom. The van der Waals surface area contributed by atoms with E-state index in [0.717, 1.165) is 31.5 Å². The van der Waals surface area contributed by atoms with Gasteiger partial charge in [-0.15, -0.1) is 0 Å². The minimum Gasteiger partial charge on any atom is -0.366 e. The van der Waals surface area contributed by atoms with Gasteiger partial charge in [-0.05, 0) is 31.2 Å². The Balaban J connectivity index is 1.70. The monoisotopic (exact) mass is 272 g/mol. The smallest absolute Gasteiger partial charge is 0.239 e. The van der Waals surface area contributed by atoms with Crippen LogP contribution in [0.5, 0.6) is 0 Å². The molecule has 108 valence electrons. The van der Waals surface area contributed by atoms with Crippen molar-refractivity contribution < 1.29 is 4.79 Å². The summed E-state index contributed by atoms with van der Waals surface area (Å²) in [6, 6.07) is 10.2. The Labute approximate surface area is 121 Å². The maximum absolute atomic E-state index is 12.0. The van der Waals surface area contributed by atoms with Crippen molar-refractivity contribution in [1.82, 2.24) is 10.2 Å². The fourth-order valence-electron chi connectivity index (χ4n) is 2.54. The highest BCUT2D eigenvalue weighted by Gasteiger charge is 2.14. The largest absolute Gasteiger partial charge is 0.366 e. The van der Waals surface area contributed by atoms with E-state index < -0.39 is 0 Å². The molecule has 0 spiro atoms. The number of allylic oxidation sites excluding steroid dienone is 1. The molecule has 0 aromatic heterocycles. The van der Waals surface area contributed by atoms with Gasteiger partial charge in [0.1, 0.15) is 0 Å². The Morgan fingerprint density at radius 3 is 2.80 bits per heavy atom. The molecule has 3 heteroatoms. The molecule has 0 aliphatic carbocycles. The fraction of sp³-hybridized carbons (Fsp3) is 0.471. The Morgan fingerprint density at radius 2 is 2.00 bits per heavy atom. The molecule has 3 nitrogen and oxygen atoms in total. The molecule has 0 saturated carbocycles. The molecule has 1 aliphatic rings. The van der Waals surface area contributed by atoms with E-state index in [4.69, 9.17) is 0 Å². The number of hydrogen-bond donors (Lipinski definition) is 1. The summed E-state index contributed by atoms with van der Waals surface area (Å²) in [5.41, 5.74) is 2.37. The average molecular weight is 272 g/mol. The van der Waals surface area contributed by atoms with Crippen LogP contribution in [0.4, 0.5) is 0 Å². The van der Waals surface area contributed by atoms with E-state index in [1.54, 1.807) is 0 Å². The van der Waals surface area contributed by atoms with Gasteiger partial charge in [-0.25, -0.2) is 0 Å². The van der Waals surface area contributed by atoms with Gasteiger partial charge in [0.15, 0.2) is 0 Å². The highest BCUT2D eigenvalue weighted by Crippen LogP contribution is 2.17. The van der Waals surface area contributed by atoms with E-state index >= 15 is 0 Å². The summed E-state index contributed by atoms with van der Waals surface area (Å²) in [5, 5.41) is 3.00. The van der Waals surface area contributed by atoms with Crippen molar-refractivity contribution in [3.63, 3.8) is 0 Å². The highest BCUT2D eigenvalue weighted by atomic mass is 16.2. The van der Waals surface area contributed by atoms with E-state index in [1.165, 1.54) is 18.4 Å². The third-order valence-corrected chi connectivity index (χ3v) is 3.75. The minimum atomic E-state index is 0.101. The molecule has 1 heterocycles. The lowest BCUT2D eigenvalue weighted by Gasteiger charge is -2.23. The van der Waals surface area contributed by atoms with E-state index in [1.807, 2.05) is 18.2 Å². The summed E-state index contributed by atoms with van der Waals surface area (Å²) in [6.45, 7) is 6.20. The first kappa shape index (κ1) is 14.6. The number of carbonyl (C=O) groups excluding carboxylic acids is 1. The molecule has 1 aliphatic heterocycles. The van der Waals surface area contributed by atoms with E-state index in [0.29, 0.717) is 13.1 Å². The molecule has 0 atom stereocenters. The molecule has 0 bridgehead atoms. The molecule has 1 N–H and O–H groups in total. The number of nitrogens with zero attached hydrogens (tertiary/aromatic N) is 1. The molecule has 20 heavy (non-hydrogen) atoms. The Hall–Kier alpha value is -1.77. The van der Waals surface area contributed by atoms with Crippen molar-refractivity contribution in [3.05, 3.63) is 48.2 Å². The van der Waals surface area contributed by atoms with Crippen molar-refractivity contribution in [3.8, 4) is 0 Å². The van der Waals surface area contributed by atoms with Crippen LogP contribution in [0.25, 0.3) is 0 Å². The van der Waals surface area contributed by atoms with Crippen molar-refractivity contribution in [2.45, 2.75) is 32.1 Å². The highest BCUT2D eigenvalue weighted by molar-refractivity contribution is 5.78. The molecule has 1 saturated heterocycles. The lowest BCUT2D eigenvalue weighted by atomic mass is 10.1. The number of nitrogens with one attached hydrogen (secondary N) is 1. The summed E-state index contributed by atoms with van der Waals surface area (Å²) >= 11 is 0. The lowest BCUT2D eigenvalue weighted by molar-refractivity contribution is -0.121. The maximum Gasteiger partial charge on any atom is 0.239 e. The zero-order chi connectivity index (χ0) is 14.2. The lowest BCUT2D eigenvalue weighted by Crippen LogP contribution is -2.37. The van der Waals surface area contributed by atoms with Crippen molar-refractivity contribution >= 4 is 5.91 Å². The topological polar surface area (TPSA) is 32.3 Å². The third-order valence-electron chi connectivity index (χ3n) is 3.75. The quantitative estimate of drug-likeness (QED) is 0.894. The number of benzene rings is 1. The summed E-state index contributed by atoms with van der Waals surface area (Å²) in [5.74, 6) is 0.101. The van der Waals surface area contributed by atoms with Crippen molar-refractivity contribution in [1.29, 1.82) is 0 Å². The molecule has 1 amide bonds. The normalized spacial score (nSPS) is 15.8. The van der Waals surface area contributed by atoms with Gasteiger partial charge < -0.3 is 10.2 Å². The second-order valence-corrected chi connectivity index (χ2v) is 5.38. The number of likely N-dealkylation sites (tertiary alicyclic amines) is 1. The number of hydrogen-bond acceptors (Lipinski definition) is 2. The van der Waals surface area contributed by atoms with Crippen LogP contribution in [-0.2, 0) is 11.2 Å². The first-order chi connectivity index (χ1) is 9.75. The van der Waals surface area contributed by atoms with Crippen LogP contribution < -0.4 is 5.32 Å². The molecular weight excluding hydrogens is 248 g/mol. The van der Waals surface area contributed by atoms with Crippen molar-refractivity contribution in [2.24, 2.45) is 0 Å². The standard InChI is InChI=1S/C17H24N2O/c1-15-8-4-3-7-13-19(15)14-17(20)18-12-11-16-9-5-2-6-10-16/h2,5-6,9-10H,1,3-4,7-8,11-14H2,(H,18,20). The van der Waals surface area contributed by atoms with E-state index in [2.05, 4.69) is 28.9 Å². The molecule has 1 aromatic carbocycles. The minimum absolute atomic E-state index is 0.101. The maximum atomic E-state index is 12.0. The van der Waals surface area contributed by atoms with E-state index in [-0.39, 0.29) is 5.91 Å². The zero-order valence-electron chi connectivity index (χ0n) is 12.1. The van der Waals surface area contributed by atoms with Gasteiger partial charge in [0.05, 0.1) is 6.54 Å². The fourth-order valence-corrected chi connectivity index (χ4v) is 2.54. The van der Waals surface area contributed by atoms with Crippen LogP contribution in [-0.4, -0.2) is 30.4 Å². The molecule has 0 unspecified atom stereocenters. The summed E-state index contributed by atoms with van der Waals surface area (Å²) in [7, 11) is 0. The first-order valence-corrected chi connectivity index (χ1v) is 7.49. The second kappa shape index (κ2) is 7.73. The van der Waals surface area contributed by atoms with Gasteiger partial charge in [-0.1, -0.05) is 43.3 Å². The first-order valence-electron chi connectivity index (χ1n) is 7.49.